The van der Waals surface area contributed by atoms with Gasteiger partial charge in [-0.1, -0.05) is 18.6 Å². The molecule has 7 nitrogen and oxygen atoms in total. The number of aromatic nitrogens is 4. The van der Waals surface area contributed by atoms with Gasteiger partial charge in [-0.25, -0.2) is 9.97 Å². The summed E-state index contributed by atoms with van der Waals surface area (Å²) < 4.78 is 1.78. The summed E-state index contributed by atoms with van der Waals surface area (Å²) >= 11 is 0. The van der Waals surface area contributed by atoms with E-state index in [-0.39, 0.29) is 11.5 Å². The third kappa shape index (κ3) is 2.85. The standard InChI is InChI=1S/C21H19N5O2/c27-19(25-21-23-15-6-3-4-7-16(15)24-21)13-9-10-14-17(12-13)22-18-8-2-1-5-11-26(18)20(14)28/h3-4,6-7,9-10,12H,1-2,5,8,11H2,(H2,23,24,25,27). The van der Waals surface area contributed by atoms with E-state index >= 15 is 0 Å². The lowest BCUT2D eigenvalue weighted by Crippen LogP contribution is -2.24. The molecule has 4 aromatic rings. The Bertz CT molecular complexity index is 1240. The molecule has 1 amide bonds. The third-order valence-corrected chi connectivity index (χ3v) is 5.20. The number of H-pyrrole nitrogens is 1. The second kappa shape index (κ2) is 6.60. The van der Waals surface area contributed by atoms with Crippen molar-refractivity contribution in [1.29, 1.82) is 0 Å². The number of fused-ring (bicyclic) bond motifs is 3. The zero-order valence-electron chi connectivity index (χ0n) is 15.2. The van der Waals surface area contributed by atoms with E-state index in [1.54, 1.807) is 22.8 Å². The summed E-state index contributed by atoms with van der Waals surface area (Å²) in [5.74, 6) is 0.906. The second-order valence-electron chi connectivity index (χ2n) is 7.08. The van der Waals surface area contributed by atoms with Gasteiger partial charge in [0.2, 0.25) is 5.95 Å². The van der Waals surface area contributed by atoms with Crippen molar-refractivity contribution in [2.45, 2.75) is 32.2 Å². The number of aromatic amines is 1. The Morgan fingerprint density at radius 1 is 1.04 bits per heavy atom. The van der Waals surface area contributed by atoms with E-state index in [1.165, 1.54) is 0 Å². The Hall–Kier alpha value is -3.48. The van der Waals surface area contributed by atoms with Crippen LogP contribution < -0.4 is 10.9 Å². The lowest BCUT2D eigenvalue weighted by molar-refractivity contribution is 0.102. The molecule has 0 atom stereocenters. The monoisotopic (exact) mass is 373 g/mol. The minimum absolute atomic E-state index is 0.0221. The number of carbonyl (C=O) groups excluding carboxylic acids is 1. The maximum absolute atomic E-state index is 12.8. The van der Waals surface area contributed by atoms with Crippen molar-refractivity contribution >= 4 is 33.8 Å². The van der Waals surface area contributed by atoms with Crippen molar-refractivity contribution in [3.05, 3.63) is 64.2 Å². The maximum Gasteiger partial charge on any atom is 0.261 e. The topological polar surface area (TPSA) is 92.7 Å². The van der Waals surface area contributed by atoms with Crippen molar-refractivity contribution < 1.29 is 4.79 Å². The number of hydrogen-bond donors (Lipinski definition) is 2. The van der Waals surface area contributed by atoms with Gasteiger partial charge >= 0.3 is 0 Å². The normalized spacial score (nSPS) is 14.0. The SMILES string of the molecule is O=C(Nc1nc2ccccc2[nH]1)c1ccc2c(=O)n3c(nc2c1)CCCCC3. The first-order valence-electron chi connectivity index (χ1n) is 9.49. The molecular formula is C21H19N5O2. The lowest BCUT2D eigenvalue weighted by atomic mass is 10.1. The molecule has 0 bridgehead atoms. The summed E-state index contributed by atoms with van der Waals surface area (Å²) in [4.78, 5) is 37.6. The second-order valence-corrected chi connectivity index (χ2v) is 7.08. The van der Waals surface area contributed by atoms with E-state index in [1.807, 2.05) is 24.3 Å². The van der Waals surface area contributed by atoms with E-state index in [4.69, 9.17) is 0 Å². The maximum atomic E-state index is 12.8. The Balaban J connectivity index is 1.50. The molecule has 0 fully saturated rings. The number of rotatable bonds is 2. The average Bonchev–Trinajstić information content (AvgIpc) is 2.96. The Labute approximate surface area is 160 Å². The van der Waals surface area contributed by atoms with Crippen LogP contribution >= 0.6 is 0 Å². The Morgan fingerprint density at radius 2 is 1.93 bits per heavy atom. The molecule has 2 N–H and O–H groups in total. The molecule has 2 aromatic heterocycles. The minimum Gasteiger partial charge on any atom is -0.324 e. The van der Waals surface area contributed by atoms with Crippen LogP contribution in [-0.4, -0.2) is 25.4 Å². The van der Waals surface area contributed by atoms with Gasteiger partial charge in [-0.05, 0) is 43.2 Å². The van der Waals surface area contributed by atoms with Gasteiger partial charge in [-0.15, -0.1) is 0 Å². The molecule has 0 aliphatic carbocycles. The number of carbonyl (C=O) groups is 1. The first-order chi connectivity index (χ1) is 13.7. The summed E-state index contributed by atoms with van der Waals surface area (Å²) in [5, 5.41) is 3.33. The Morgan fingerprint density at radius 3 is 2.82 bits per heavy atom. The van der Waals surface area contributed by atoms with Crippen LogP contribution in [0.1, 0.15) is 35.4 Å². The molecule has 1 aliphatic heterocycles. The highest BCUT2D eigenvalue weighted by molar-refractivity contribution is 6.05. The molecule has 3 heterocycles. The molecule has 0 saturated carbocycles. The number of imidazole rings is 1. The van der Waals surface area contributed by atoms with Gasteiger partial charge in [0.1, 0.15) is 5.82 Å². The highest BCUT2D eigenvalue weighted by Gasteiger charge is 2.16. The molecule has 0 unspecified atom stereocenters. The van der Waals surface area contributed by atoms with Crippen molar-refractivity contribution in [3.63, 3.8) is 0 Å². The lowest BCUT2D eigenvalue weighted by Gasteiger charge is -2.10. The van der Waals surface area contributed by atoms with Crippen LogP contribution in [0.15, 0.2) is 47.3 Å². The van der Waals surface area contributed by atoms with Crippen molar-refractivity contribution in [2.24, 2.45) is 0 Å². The van der Waals surface area contributed by atoms with Gasteiger partial charge in [-0.2, -0.15) is 0 Å². The van der Waals surface area contributed by atoms with Gasteiger partial charge in [-0.3, -0.25) is 19.5 Å². The smallest absolute Gasteiger partial charge is 0.261 e. The quantitative estimate of drug-likeness (QED) is 0.564. The number of para-hydroxylation sites is 2. The summed E-state index contributed by atoms with van der Waals surface area (Å²) in [6.45, 7) is 0.714. The molecule has 2 aromatic carbocycles. The van der Waals surface area contributed by atoms with Crippen LogP contribution in [0.2, 0.25) is 0 Å². The summed E-state index contributed by atoms with van der Waals surface area (Å²) in [5.41, 5.74) is 2.63. The predicted octanol–water partition coefficient (Wildman–Crippen LogP) is 3.25. The van der Waals surface area contributed by atoms with Crippen LogP contribution in [0.5, 0.6) is 0 Å². The number of hydrogen-bond acceptors (Lipinski definition) is 4. The summed E-state index contributed by atoms with van der Waals surface area (Å²) in [6, 6.07) is 12.6. The first-order valence-corrected chi connectivity index (χ1v) is 9.49. The van der Waals surface area contributed by atoms with Crippen LogP contribution in [-0.2, 0) is 13.0 Å². The number of amides is 1. The van der Waals surface area contributed by atoms with Crippen molar-refractivity contribution in [2.75, 3.05) is 5.32 Å². The molecule has 0 saturated heterocycles. The largest absolute Gasteiger partial charge is 0.324 e. The van der Waals surface area contributed by atoms with E-state index in [0.29, 0.717) is 29.0 Å². The number of anilines is 1. The molecule has 5 rings (SSSR count). The van der Waals surface area contributed by atoms with Gasteiger partial charge in [0.25, 0.3) is 11.5 Å². The molecule has 140 valence electrons. The van der Waals surface area contributed by atoms with E-state index in [9.17, 15) is 9.59 Å². The minimum atomic E-state index is -0.294. The van der Waals surface area contributed by atoms with Gasteiger partial charge in [0, 0.05) is 18.5 Å². The highest BCUT2D eigenvalue weighted by atomic mass is 16.2. The van der Waals surface area contributed by atoms with Crippen molar-refractivity contribution in [3.8, 4) is 0 Å². The Kier molecular flexibility index (Phi) is 3.93. The molecule has 0 radical (unpaired) electrons. The van der Waals surface area contributed by atoms with Crippen LogP contribution in [0.25, 0.3) is 21.9 Å². The molecule has 0 spiro atoms. The molecular weight excluding hydrogens is 354 g/mol. The summed E-state index contributed by atoms with van der Waals surface area (Å²) in [6.07, 6.45) is 3.92. The fraction of sp³-hybridized carbons (Fsp3) is 0.238. The van der Waals surface area contributed by atoms with E-state index < -0.39 is 0 Å². The number of nitrogens with zero attached hydrogens (tertiary/aromatic N) is 3. The van der Waals surface area contributed by atoms with Crippen molar-refractivity contribution in [1.82, 2.24) is 19.5 Å². The fourth-order valence-corrected chi connectivity index (χ4v) is 3.75. The average molecular weight is 373 g/mol. The third-order valence-electron chi connectivity index (χ3n) is 5.20. The zero-order chi connectivity index (χ0) is 19.1. The first kappa shape index (κ1) is 16.7. The molecule has 28 heavy (non-hydrogen) atoms. The highest BCUT2D eigenvalue weighted by Crippen LogP contribution is 2.18. The fourth-order valence-electron chi connectivity index (χ4n) is 3.75. The van der Waals surface area contributed by atoms with E-state index in [2.05, 4.69) is 20.3 Å². The number of benzene rings is 2. The van der Waals surface area contributed by atoms with Gasteiger partial charge in [0.15, 0.2) is 0 Å². The number of nitrogens with one attached hydrogen (secondary N) is 2. The van der Waals surface area contributed by atoms with Crippen LogP contribution in [0, 0.1) is 0 Å². The van der Waals surface area contributed by atoms with Crippen LogP contribution in [0.4, 0.5) is 5.95 Å². The molecule has 1 aliphatic rings. The summed E-state index contributed by atoms with van der Waals surface area (Å²) in [7, 11) is 0. The van der Waals surface area contributed by atoms with E-state index in [0.717, 1.165) is 42.5 Å². The van der Waals surface area contributed by atoms with Crippen LogP contribution in [0.3, 0.4) is 0 Å². The molecule has 7 heteroatoms. The number of aryl methyl sites for hydroxylation is 1. The zero-order valence-corrected chi connectivity index (χ0v) is 15.2. The van der Waals surface area contributed by atoms with Gasteiger partial charge < -0.3 is 4.98 Å². The van der Waals surface area contributed by atoms with Gasteiger partial charge in [0.05, 0.1) is 21.9 Å². The predicted molar refractivity (Wildman–Crippen MR) is 108 cm³/mol.